The van der Waals surface area contributed by atoms with Gasteiger partial charge in [0.15, 0.2) is 11.1 Å². The molecule has 14 heteroatoms. The maximum Gasteiger partial charge on any atom is 0.449 e. The molecule has 2 saturated heterocycles. The van der Waals surface area contributed by atoms with Crippen molar-refractivity contribution >= 4 is 75.8 Å². The average molecular weight is 704 g/mol. The first-order valence-electron chi connectivity index (χ1n) is 15.0. The number of nitrogens with zero attached hydrogens (tertiary/aromatic N) is 4. The van der Waals surface area contributed by atoms with Gasteiger partial charge in [-0.15, -0.1) is 0 Å². The molecule has 2 unspecified atom stereocenters. The number of hydrogen-bond donors (Lipinski definition) is 0. The van der Waals surface area contributed by atoms with Crippen LogP contribution in [0, 0.1) is 0 Å². The summed E-state index contributed by atoms with van der Waals surface area (Å²) in [5, 5.41) is 7.23. The van der Waals surface area contributed by atoms with Crippen LogP contribution in [-0.2, 0) is 36.7 Å². The Kier molecular flexibility index (Phi) is 11.0. The fraction of sp³-hybridized carbons (Fsp3) is 0.516. The second-order valence-corrected chi connectivity index (χ2v) is 12.7. The van der Waals surface area contributed by atoms with Gasteiger partial charge in [0.25, 0.3) is 0 Å². The maximum atomic E-state index is 14.1. The Labute approximate surface area is 283 Å². The lowest BCUT2D eigenvalue weighted by molar-refractivity contribution is -0.153. The second kappa shape index (κ2) is 14.0. The number of hydrogen-bond acceptors (Lipinski definition) is 9. The summed E-state index contributed by atoms with van der Waals surface area (Å²) in [6.45, 7) is 11.2. The number of rotatable bonds is 9. The normalized spacial score (nSPS) is 21.8. The van der Waals surface area contributed by atoms with Crippen LogP contribution >= 0.6 is 46.4 Å². The number of anilines is 2. The highest BCUT2D eigenvalue weighted by Gasteiger charge is 2.55. The van der Waals surface area contributed by atoms with Gasteiger partial charge in [-0.25, -0.2) is 19.4 Å². The van der Waals surface area contributed by atoms with Crippen molar-refractivity contribution in [2.24, 2.45) is 0 Å². The highest BCUT2D eigenvalue weighted by Crippen LogP contribution is 2.45. The summed E-state index contributed by atoms with van der Waals surface area (Å²) in [4.78, 5) is 46.9. The third-order valence-corrected chi connectivity index (χ3v) is 9.87. The Balaban J connectivity index is 1.78. The van der Waals surface area contributed by atoms with E-state index >= 15 is 0 Å². The van der Waals surface area contributed by atoms with Gasteiger partial charge in [-0.2, -0.15) is 0 Å². The number of ether oxygens (including phenoxy) is 2. The lowest BCUT2D eigenvalue weighted by Crippen LogP contribution is -2.58. The molecule has 0 radical (unpaired) electrons. The van der Waals surface area contributed by atoms with Crippen LogP contribution in [0.4, 0.5) is 16.2 Å². The first-order chi connectivity index (χ1) is 21.3. The molecule has 0 aliphatic carbocycles. The molecule has 0 aromatic heterocycles. The third kappa shape index (κ3) is 6.24. The Morgan fingerprint density at radius 2 is 1.16 bits per heavy atom. The number of hydrazine groups is 2. The number of esters is 2. The molecular weight excluding hydrogens is 666 g/mol. The first-order valence-corrected chi connectivity index (χ1v) is 16.5. The summed E-state index contributed by atoms with van der Waals surface area (Å²) in [6.07, 6.45) is 0.732. The lowest BCUT2D eigenvalue weighted by atomic mass is 9.98. The van der Waals surface area contributed by atoms with Crippen LogP contribution < -0.4 is 10.0 Å². The number of benzene rings is 2. The summed E-state index contributed by atoms with van der Waals surface area (Å²) >= 11 is 26.6. The van der Waals surface area contributed by atoms with Gasteiger partial charge >= 0.3 is 18.0 Å². The van der Waals surface area contributed by atoms with E-state index in [1.54, 1.807) is 52.0 Å². The third-order valence-electron chi connectivity index (χ3n) is 8.32. The summed E-state index contributed by atoms with van der Waals surface area (Å²) in [6, 6.07) is 6.70. The van der Waals surface area contributed by atoms with Gasteiger partial charge in [0.1, 0.15) is 0 Å². The van der Waals surface area contributed by atoms with E-state index in [0.717, 1.165) is 0 Å². The highest BCUT2D eigenvalue weighted by molar-refractivity contribution is 6.38. The molecule has 0 spiro atoms. The van der Waals surface area contributed by atoms with Gasteiger partial charge in [0, 0.05) is 29.4 Å². The molecule has 246 valence electrons. The molecule has 2 aromatic rings. The summed E-state index contributed by atoms with van der Waals surface area (Å²) in [5.41, 5.74) is -0.398. The minimum atomic E-state index is -1.29. The molecule has 2 heterocycles. The van der Waals surface area contributed by atoms with E-state index in [2.05, 4.69) is 0 Å². The van der Waals surface area contributed by atoms with E-state index in [9.17, 15) is 14.4 Å². The van der Waals surface area contributed by atoms with Crippen LogP contribution in [0.5, 0.6) is 0 Å². The van der Waals surface area contributed by atoms with Gasteiger partial charge < -0.3 is 14.3 Å². The minimum Gasteiger partial charge on any atom is -0.464 e. The number of carbonyl (C=O) groups excluding carboxylic acids is 3. The molecule has 0 bridgehead atoms. The van der Waals surface area contributed by atoms with Crippen LogP contribution in [-0.4, -0.2) is 65.6 Å². The van der Waals surface area contributed by atoms with Crippen molar-refractivity contribution in [3.8, 4) is 0 Å². The number of halogens is 4. The fourth-order valence-corrected chi connectivity index (χ4v) is 7.27. The molecule has 1 amide bonds. The van der Waals surface area contributed by atoms with Crippen molar-refractivity contribution in [1.29, 1.82) is 0 Å². The standard InChI is InChI=1S/C31H38Cl4N4O6/c1-7-19-21(32)11-13-23(25(19)34)38-30(5,27(40)43-9-3)15-17-36(38)29(42)45-37-18-16-31(6,28(41)44-10-4)39(37)24-14-12-22(33)20(8-2)26(24)35/h11-14H,7-10,15-18H2,1-6H3. The predicted octanol–water partition coefficient (Wildman–Crippen LogP) is 7.67. The molecule has 45 heavy (non-hydrogen) atoms. The van der Waals surface area contributed by atoms with Crippen LogP contribution in [0.3, 0.4) is 0 Å². The van der Waals surface area contributed by atoms with Gasteiger partial charge in [-0.1, -0.05) is 60.3 Å². The first kappa shape index (κ1) is 35.2. The highest BCUT2D eigenvalue weighted by atomic mass is 35.5. The van der Waals surface area contributed by atoms with E-state index in [-0.39, 0.29) is 39.1 Å². The van der Waals surface area contributed by atoms with Crippen LogP contribution in [0.2, 0.25) is 20.1 Å². The van der Waals surface area contributed by atoms with Crippen molar-refractivity contribution in [3.63, 3.8) is 0 Å². The topological polar surface area (TPSA) is 91.9 Å². The van der Waals surface area contributed by atoms with Gasteiger partial charge in [-0.05, 0) is 81.1 Å². The zero-order valence-electron chi connectivity index (χ0n) is 26.2. The van der Waals surface area contributed by atoms with Crippen molar-refractivity contribution in [1.82, 2.24) is 10.2 Å². The van der Waals surface area contributed by atoms with Crippen LogP contribution in [0.15, 0.2) is 24.3 Å². The molecule has 4 rings (SSSR count). The van der Waals surface area contributed by atoms with Gasteiger partial charge in [0.2, 0.25) is 0 Å². The predicted molar refractivity (Wildman–Crippen MR) is 176 cm³/mol. The second-order valence-electron chi connectivity index (χ2n) is 11.1. The van der Waals surface area contributed by atoms with Crippen LogP contribution in [0.1, 0.15) is 65.5 Å². The SMILES string of the molecule is CCOC(=O)C1(C)CCN(OC(=O)N2CCC(C)(C(=O)OCC)N2c2ccc(Cl)c(CC)c2Cl)N1c1ccc(Cl)c(CC)c1Cl. The molecule has 0 N–H and O–H groups in total. The Bertz CT molecular complexity index is 1480. The minimum absolute atomic E-state index is 0.110. The summed E-state index contributed by atoms with van der Waals surface area (Å²) in [7, 11) is 0. The zero-order valence-corrected chi connectivity index (χ0v) is 29.2. The molecule has 2 atom stereocenters. The van der Waals surface area contributed by atoms with Gasteiger partial charge in [0.05, 0.1) is 41.2 Å². The molecular formula is C31H38Cl4N4O6. The van der Waals surface area contributed by atoms with Crippen LogP contribution in [0.25, 0.3) is 0 Å². The largest absolute Gasteiger partial charge is 0.464 e. The average Bonchev–Trinajstić information content (AvgIpc) is 3.52. The van der Waals surface area contributed by atoms with Crippen molar-refractivity contribution in [2.45, 2.75) is 78.3 Å². The maximum absolute atomic E-state index is 14.1. The Morgan fingerprint density at radius 1 is 0.711 bits per heavy atom. The molecule has 10 nitrogen and oxygen atoms in total. The summed E-state index contributed by atoms with van der Waals surface area (Å²) in [5.74, 6) is -1.03. The van der Waals surface area contributed by atoms with Gasteiger partial charge in [-0.3, -0.25) is 10.0 Å². The Hall–Kier alpha value is -2.63. The summed E-state index contributed by atoms with van der Waals surface area (Å²) < 4.78 is 10.9. The van der Waals surface area contributed by atoms with Crippen molar-refractivity contribution in [3.05, 3.63) is 55.5 Å². The van der Waals surface area contributed by atoms with Crippen molar-refractivity contribution < 1.29 is 28.7 Å². The smallest absolute Gasteiger partial charge is 0.449 e. The monoisotopic (exact) mass is 702 g/mol. The molecule has 2 aliphatic heterocycles. The lowest BCUT2D eigenvalue weighted by Gasteiger charge is -2.41. The van der Waals surface area contributed by atoms with E-state index in [0.29, 0.717) is 55.4 Å². The molecule has 2 aliphatic rings. The van der Waals surface area contributed by atoms with E-state index < -0.39 is 29.1 Å². The molecule has 2 fully saturated rings. The van der Waals surface area contributed by atoms with Crippen molar-refractivity contribution in [2.75, 3.05) is 36.3 Å². The zero-order chi connectivity index (χ0) is 33.3. The van der Waals surface area contributed by atoms with E-state index in [1.165, 1.54) is 20.2 Å². The quantitative estimate of drug-likeness (QED) is 0.244. The van der Waals surface area contributed by atoms with E-state index in [4.69, 9.17) is 60.7 Å². The number of amides is 1. The molecule has 0 saturated carbocycles. The van der Waals surface area contributed by atoms with E-state index in [1.807, 2.05) is 13.8 Å². The molecule has 2 aromatic carbocycles. The fourth-order valence-electron chi connectivity index (χ4n) is 5.84. The number of hydroxylamine groups is 1. The Morgan fingerprint density at radius 3 is 1.62 bits per heavy atom. The number of carbonyl (C=O) groups is 3.